The van der Waals surface area contributed by atoms with E-state index in [1.165, 1.54) is 19.3 Å². The maximum atomic E-state index is 11.9. The molecule has 0 aliphatic rings. The number of carbonyl (C=O) groups is 1. The Balaban J connectivity index is 4.29. The minimum absolute atomic E-state index is 0.0719. The van der Waals surface area contributed by atoms with Gasteiger partial charge in [0.05, 0.1) is 33.8 Å². The smallest absolute Gasteiger partial charge is 0.268 e. The Morgan fingerprint density at radius 1 is 1.19 bits per heavy atom. The number of rotatable bonds is 16. The number of unbranched alkanes of at least 4 members (excludes halogenated alkanes) is 3. The number of hydrogen-bond acceptors (Lipinski definition) is 6. The number of phosphoric ester groups is 1. The molecule has 0 fully saturated rings. The molecule has 0 aliphatic heterocycles. The first kappa shape index (κ1) is 25.9. The topological polar surface area (TPSA) is 87.7 Å². The molecule has 0 saturated carbocycles. The highest BCUT2D eigenvalue weighted by Gasteiger charge is 2.18. The first-order valence-corrected chi connectivity index (χ1v) is 12.0. The van der Waals surface area contributed by atoms with E-state index in [9.17, 15) is 14.3 Å². The molecule has 156 valence electrons. The molecule has 0 radical (unpaired) electrons. The molecule has 1 unspecified atom stereocenters. The Labute approximate surface area is 163 Å². The molecule has 7 nitrogen and oxygen atoms in total. The van der Waals surface area contributed by atoms with Crippen LogP contribution < -0.4 is 10.2 Å². The van der Waals surface area contributed by atoms with Gasteiger partial charge in [-0.3, -0.25) is 9.36 Å². The summed E-state index contributed by atoms with van der Waals surface area (Å²) < 4.78 is 22.4. The number of phosphoric acid groups is 1. The molecule has 0 rings (SSSR count). The van der Waals surface area contributed by atoms with Gasteiger partial charge >= 0.3 is 0 Å². The lowest BCUT2D eigenvalue weighted by atomic mass is 10.2. The van der Waals surface area contributed by atoms with Gasteiger partial charge in [0.25, 0.3) is 7.82 Å². The van der Waals surface area contributed by atoms with Crippen LogP contribution in [0.3, 0.4) is 0 Å². The SMILES string of the molecule is CCCCCCSC[C@H](COP(=O)([O-])OCC[N+](C)(C)C)NC(=O)CC. The summed E-state index contributed by atoms with van der Waals surface area (Å²) in [7, 11) is 1.50. The summed E-state index contributed by atoms with van der Waals surface area (Å²) in [6.45, 7) is 4.46. The molecule has 0 aromatic heterocycles. The Morgan fingerprint density at radius 3 is 2.46 bits per heavy atom. The van der Waals surface area contributed by atoms with Gasteiger partial charge in [-0.1, -0.05) is 33.1 Å². The highest BCUT2D eigenvalue weighted by Crippen LogP contribution is 2.38. The summed E-state index contributed by atoms with van der Waals surface area (Å²) in [5, 5.41) is 2.82. The Kier molecular flexibility index (Phi) is 13.9. The van der Waals surface area contributed by atoms with Crippen molar-refractivity contribution in [2.45, 2.75) is 52.0 Å². The van der Waals surface area contributed by atoms with Crippen LogP contribution in [0.4, 0.5) is 0 Å². The number of amides is 1. The van der Waals surface area contributed by atoms with Crippen LogP contribution in [0, 0.1) is 0 Å². The van der Waals surface area contributed by atoms with Gasteiger partial charge in [-0.05, 0) is 12.2 Å². The Hall–Kier alpha value is -0.110. The van der Waals surface area contributed by atoms with Crippen molar-refractivity contribution in [3.8, 4) is 0 Å². The van der Waals surface area contributed by atoms with Crippen LogP contribution in [0.15, 0.2) is 0 Å². The van der Waals surface area contributed by atoms with Crippen molar-refractivity contribution in [2.24, 2.45) is 0 Å². The highest BCUT2D eigenvalue weighted by atomic mass is 32.2. The lowest BCUT2D eigenvalue weighted by Crippen LogP contribution is -2.40. The van der Waals surface area contributed by atoms with Crippen LogP contribution in [0.1, 0.15) is 46.0 Å². The van der Waals surface area contributed by atoms with Gasteiger partial charge < -0.3 is 23.7 Å². The van der Waals surface area contributed by atoms with Gasteiger partial charge in [0.2, 0.25) is 5.91 Å². The molecular weight excluding hydrogens is 375 g/mol. The third kappa shape index (κ3) is 16.1. The second-order valence-electron chi connectivity index (χ2n) is 7.34. The van der Waals surface area contributed by atoms with Gasteiger partial charge in [-0.2, -0.15) is 11.8 Å². The summed E-state index contributed by atoms with van der Waals surface area (Å²) in [5.74, 6) is 1.50. The van der Waals surface area contributed by atoms with E-state index in [1.807, 2.05) is 21.1 Å². The van der Waals surface area contributed by atoms with Crippen molar-refractivity contribution in [1.82, 2.24) is 5.32 Å². The predicted molar refractivity (Wildman–Crippen MR) is 106 cm³/mol. The van der Waals surface area contributed by atoms with Gasteiger partial charge in [0.1, 0.15) is 13.2 Å². The van der Waals surface area contributed by atoms with E-state index in [1.54, 1.807) is 18.7 Å². The first-order chi connectivity index (χ1) is 12.1. The average molecular weight is 413 g/mol. The largest absolute Gasteiger partial charge is 0.756 e. The molecule has 0 saturated heterocycles. The molecule has 0 aromatic carbocycles. The maximum Gasteiger partial charge on any atom is 0.268 e. The number of nitrogens with zero attached hydrogens (tertiary/aromatic N) is 1. The average Bonchev–Trinajstić information content (AvgIpc) is 2.53. The molecule has 0 aliphatic carbocycles. The zero-order valence-corrected chi connectivity index (χ0v) is 18.7. The number of likely N-dealkylation sites (N-methyl/N-ethyl adjacent to an activating group) is 1. The van der Waals surface area contributed by atoms with Gasteiger partial charge in [-0.25, -0.2) is 0 Å². The van der Waals surface area contributed by atoms with Gasteiger partial charge in [0, 0.05) is 12.2 Å². The van der Waals surface area contributed by atoms with E-state index in [0.29, 0.717) is 23.2 Å². The summed E-state index contributed by atoms with van der Waals surface area (Å²) in [4.78, 5) is 23.5. The lowest BCUT2D eigenvalue weighted by Gasteiger charge is -2.28. The number of carbonyl (C=O) groups excluding carboxylic acids is 1. The zero-order chi connectivity index (χ0) is 20.1. The molecule has 2 atom stereocenters. The molecule has 1 amide bonds. The molecule has 0 spiro atoms. The first-order valence-electron chi connectivity index (χ1n) is 9.37. The lowest BCUT2D eigenvalue weighted by molar-refractivity contribution is -0.870. The minimum Gasteiger partial charge on any atom is -0.756 e. The Bertz CT molecular complexity index is 432. The van der Waals surface area contributed by atoms with Gasteiger partial charge in [0.15, 0.2) is 0 Å². The third-order valence-electron chi connectivity index (χ3n) is 3.59. The van der Waals surface area contributed by atoms with E-state index in [0.717, 1.165) is 12.2 Å². The van der Waals surface area contributed by atoms with Crippen LogP contribution in [0.25, 0.3) is 0 Å². The second kappa shape index (κ2) is 14.0. The monoisotopic (exact) mass is 412 g/mol. The van der Waals surface area contributed by atoms with Crippen LogP contribution >= 0.6 is 19.6 Å². The van der Waals surface area contributed by atoms with E-state index >= 15 is 0 Å². The fourth-order valence-corrected chi connectivity index (χ4v) is 3.74. The fourth-order valence-electron chi connectivity index (χ4n) is 1.96. The minimum atomic E-state index is -4.36. The van der Waals surface area contributed by atoms with Crippen molar-refractivity contribution in [1.29, 1.82) is 0 Å². The quantitative estimate of drug-likeness (QED) is 0.238. The van der Waals surface area contributed by atoms with Crippen molar-refractivity contribution >= 4 is 25.5 Å². The van der Waals surface area contributed by atoms with Crippen LogP contribution in [0.5, 0.6) is 0 Å². The van der Waals surface area contributed by atoms with E-state index in [2.05, 4.69) is 12.2 Å². The molecule has 9 heteroatoms. The second-order valence-corrected chi connectivity index (χ2v) is 9.90. The predicted octanol–water partition coefficient (Wildman–Crippen LogP) is 2.40. The molecule has 26 heavy (non-hydrogen) atoms. The van der Waals surface area contributed by atoms with Crippen LogP contribution in [-0.4, -0.2) is 68.8 Å². The van der Waals surface area contributed by atoms with Crippen LogP contribution in [0.2, 0.25) is 0 Å². The molecule has 0 aromatic rings. The Morgan fingerprint density at radius 2 is 1.88 bits per heavy atom. The number of nitrogens with one attached hydrogen (secondary N) is 1. The van der Waals surface area contributed by atoms with Crippen molar-refractivity contribution < 1.29 is 27.8 Å². The normalized spacial score (nSPS) is 15.5. The number of thioether (sulfide) groups is 1. The molecule has 0 bridgehead atoms. The van der Waals surface area contributed by atoms with Crippen molar-refractivity contribution in [3.05, 3.63) is 0 Å². The standard InChI is InChI=1S/C17H37N2O5PS/c1-6-8-9-10-13-26-15-16(18-17(20)7-2)14-24-25(21,22)23-12-11-19(3,4)5/h16H,6-15H2,1-5H3,(H-,18,20,21,22)/t16-/m0/s1. The van der Waals surface area contributed by atoms with Gasteiger partial charge in [-0.15, -0.1) is 0 Å². The van der Waals surface area contributed by atoms with Crippen molar-refractivity contribution in [2.75, 3.05) is 52.4 Å². The summed E-state index contributed by atoms with van der Waals surface area (Å²) in [6.07, 6.45) is 5.10. The third-order valence-corrected chi connectivity index (χ3v) is 5.77. The molecule has 1 N–H and O–H groups in total. The van der Waals surface area contributed by atoms with E-state index in [-0.39, 0.29) is 25.2 Å². The van der Waals surface area contributed by atoms with Crippen molar-refractivity contribution in [3.63, 3.8) is 0 Å². The zero-order valence-electron chi connectivity index (χ0n) is 17.0. The summed E-state index contributed by atoms with van der Waals surface area (Å²) >= 11 is 1.71. The number of hydrogen-bond donors (Lipinski definition) is 1. The molecule has 0 heterocycles. The highest BCUT2D eigenvalue weighted by molar-refractivity contribution is 7.99. The van der Waals surface area contributed by atoms with Crippen LogP contribution in [-0.2, 0) is 18.4 Å². The fraction of sp³-hybridized carbons (Fsp3) is 0.941. The van der Waals surface area contributed by atoms with E-state index in [4.69, 9.17) is 9.05 Å². The number of quaternary nitrogens is 1. The molecular formula is C17H37N2O5PS. The maximum absolute atomic E-state index is 11.9. The van der Waals surface area contributed by atoms with E-state index < -0.39 is 7.82 Å². The summed E-state index contributed by atoms with van der Waals surface area (Å²) in [5.41, 5.74) is 0. The summed E-state index contributed by atoms with van der Waals surface area (Å²) in [6, 6.07) is -0.345.